The fourth-order valence-corrected chi connectivity index (χ4v) is 2.16. The minimum Gasteiger partial charge on any atom is -0.384 e. The van der Waals surface area contributed by atoms with E-state index in [1.807, 2.05) is 19.1 Å². The van der Waals surface area contributed by atoms with E-state index in [2.05, 4.69) is 26.2 Å². The van der Waals surface area contributed by atoms with E-state index < -0.39 is 0 Å². The van der Waals surface area contributed by atoms with Gasteiger partial charge in [0.05, 0.1) is 17.4 Å². The lowest BCUT2D eigenvalue weighted by Crippen LogP contribution is -2.12. The van der Waals surface area contributed by atoms with Gasteiger partial charge in [-0.1, -0.05) is 6.07 Å². The Kier molecular flexibility index (Phi) is 3.62. The average molecular weight is 306 g/mol. The maximum absolute atomic E-state index is 12.0. The van der Waals surface area contributed by atoms with E-state index in [1.165, 1.54) is 6.20 Å². The number of rotatable bonds is 2. The highest BCUT2D eigenvalue weighted by atomic mass is 79.9. The molecule has 0 aliphatic rings. The molecular formula is C13H12BrN3O. The summed E-state index contributed by atoms with van der Waals surface area (Å²) < 4.78 is 0.767. The van der Waals surface area contributed by atoms with Gasteiger partial charge in [0.25, 0.3) is 5.91 Å². The van der Waals surface area contributed by atoms with E-state index in [9.17, 15) is 4.79 Å². The van der Waals surface area contributed by atoms with E-state index in [0.717, 1.165) is 10.0 Å². The molecule has 0 aliphatic carbocycles. The lowest BCUT2D eigenvalue weighted by atomic mass is 10.1. The molecule has 4 nitrogen and oxygen atoms in total. The molecular weight excluding hydrogens is 294 g/mol. The molecule has 1 aromatic carbocycles. The Balaban J connectivity index is 2.19. The van der Waals surface area contributed by atoms with E-state index in [-0.39, 0.29) is 5.91 Å². The standard InChI is InChI=1S/C13H12BrN3O/c1-8-2-4-10(11(14)6-8)13(18)17-9-3-5-12(15)16-7-9/h2-7H,1H3,(H2,15,16)(H,17,18). The van der Waals surface area contributed by atoms with Crippen LogP contribution in [0.5, 0.6) is 0 Å². The van der Waals surface area contributed by atoms with E-state index in [1.54, 1.807) is 18.2 Å². The number of amides is 1. The van der Waals surface area contributed by atoms with E-state index >= 15 is 0 Å². The Morgan fingerprint density at radius 2 is 2.11 bits per heavy atom. The van der Waals surface area contributed by atoms with Crippen LogP contribution in [0.2, 0.25) is 0 Å². The summed E-state index contributed by atoms with van der Waals surface area (Å²) >= 11 is 3.38. The number of halogens is 1. The van der Waals surface area contributed by atoms with Crippen molar-refractivity contribution in [2.45, 2.75) is 6.92 Å². The van der Waals surface area contributed by atoms with Crippen LogP contribution in [0.25, 0.3) is 0 Å². The number of nitrogens with zero attached hydrogens (tertiary/aromatic N) is 1. The molecule has 0 spiro atoms. The Morgan fingerprint density at radius 1 is 1.33 bits per heavy atom. The van der Waals surface area contributed by atoms with Crippen molar-refractivity contribution in [1.82, 2.24) is 4.98 Å². The second-order valence-electron chi connectivity index (χ2n) is 3.91. The first kappa shape index (κ1) is 12.6. The molecule has 0 saturated heterocycles. The van der Waals surface area contributed by atoms with Crippen LogP contribution in [-0.2, 0) is 0 Å². The van der Waals surface area contributed by atoms with Crippen molar-refractivity contribution in [1.29, 1.82) is 0 Å². The maximum Gasteiger partial charge on any atom is 0.256 e. The van der Waals surface area contributed by atoms with Crippen molar-refractivity contribution in [3.63, 3.8) is 0 Å². The Labute approximate surface area is 113 Å². The molecule has 2 aromatic rings. The molecule has 5 heteroatoms. The Morgan fingerprint density at radius 3 is 2.72 bits per heavy atom. The summed E-state index contributed by atoms with van der Waals surface area (Å²) in [7, 11) is 0. The number of anilines is 2. The van der Waals surface area contributed by atoms with Gasteiger partial charge < -0.3 is 11.1 Å². The molecule has 1 heterocycles. The predicted molar refractivity (Wildman–Crippen MR) is 75.5 cm³/mol. The second kappa shape index (κ2) is 5.18. The third kappa shape index (κ3) is 2.87. The first-order valence-electron chi connectivity index (χ1n) is 5.35. The molecule has 0 fully saturated rings. The number of hydrogen-bond donors (Lipinski definition) is 2. The molecule has 18 heavy (non-hydrogen) atoms. The maximum atomic E-state index is 12.0. The number of carbonyl (C=O) groups is 1. The molecule has 0 saturated carbocycles. The van der Waals surface area contributed by atoms with Crippen LogP contribution >= 0.6 is 15.9 Å². The largest absolute Gasteiger partial charge is 0.384 e. The monoisotopic (exact) mass is 305 g/mol. The van der Waals surface area contributed by atoms with E-state index in [4.69, 9.17) is 5.73 Å². The van der Waals surface area contributed by atoms with Gasteiger partial charge in [0.15, 0.2) is 0 Å². The lowest BCUT2D eigenvalue weighted by Gasteiger charge is -2.07. The van der Waals surface area contributed by atoms with Gasteiger partial charge in [0.2, 0.25) is 0 Å². The molecule has 2 rings (SSSR count). The summed E-state index contributed by atoms with van der Waals surface area (Å²) in [6, 6.07) is 8.92. The van der Waals surface area contributed by atoms with Gasteiger partial charge >= 0.3 is 0 Å². The molecule has 0 bridgehead atoms. The summed E-state index contributed by atoms with van der Waals surface area (Å²) in [4.78, 5) is 15.9. The van der Waals surface area contributed by atoms with Gasteiger partial charge in [0, 0.05) is 4.47 Å². The SMILES string of the molecule is Cc1ccc(C(=O)Nc2ccc(N)nc2)c(Br)c1. The number of pyridine rings is 1. The summed E-state index contributed by atoms with van der Waals surface area (Å²) in [5.74, 6) is 0.234. The van der Waals surface area contributed by atoms with Gasteiger partial charge in [-0.15, -0.1) is 0 Å². The first-order chi connectivity index (χ1) is 8.56. The number of aryl methyl sites for hydroxylation is 1. The van der Waals surface area contributed by atoms with Crippen LogP contribution < -0.4 is 11.1 Å². The molecule has 1 amide bonds. The quantitative estimate of drug-likeness (QED) is 0.896. The number of nitrogens with two attached hydrogens (primary N) is 1. The molecule has 0 aliphatic heterocycles. The topological polar surface area (TPSA) is 68.0 Å². The molecule has 0 atom stereocenters. The van der Waals surface area contributed by atoms with Crippen molar-refractivity contribution < 1.29 is 4.79 Å². The number of carbonyl (C=O) groups excluding carboxylic acids is 1. The van der Waals surface area contributed by atoms with Gasteiger partial charge in [-0.05, 0) is 52.7 Å². The average Bonchev–Trinajstić information content (AvgIpc) is 2.32. The van der Waals surface area contributed by atoms with Crippen LogP contribution in [0.1, 0.15) is 15.9 Å². The molecule has 3 N–H and O–H groups in total. The number of nitrogen functional groups attached to an aromatic ring is 1. The molecule has 0 unspecified atom stereocenters. The fraction of sp³-hybridized carbons (Fsp3) is 0.0769. The van der Waals surface area contributed by atoms with Gasteiger partial charge in [-0.2, -0.15) is 0 Å². The number of hydrogen-bond acceptors (Lipinski definition) is 3. The predicted octanol–water partition coefficient (Wildman–Crippen LogP) is 2.99. The number of aromatic nitrogens is 1. The van der Waals surface area contributed by atoms with Crippen molar-refractivity contribution in [3.8, 4) is 0 Å². The zero-order valence-electron chi connectivity index (χ0n) is 9.77. The molecule has 0 radical (unpaired) electrons. The van der Waals surface area contributed by atoms with Crippen LogP contribution in [-0.4, -0.2) is 10.9 Å². The fourth-order valence-electron chi connectivity index (χ4n) is 1.48. The summed E-state index contributed by atoms with van der Waals surface area (Å²) in [6.07, 6.45) is 1.52. The zero-order chi connectivity index (χ0) is 13.1. The summed E-state index contributed by atoms with van der Waals surface area (Å²) in [5, 5.41) is 2.76. The second-order valence-corrected chi connectivity index (χ2v) is 4.76. The van der Waals surface area contributed by atoms with Crippen LogP contribution in [0.15, 0.2) is 41.0 Å². The third-order valence-electron chi connectivity index (χ3n) is 2.41. The zero-order valence-corrected chi connectivity index (χ0v) is 11.4. The van der Waals surface area contributed by atoms with Crippen LogP contribution in [0, 0.1) is 6.92 Å². The van der Waals surface area contributed by atoms with E-state index in [0.29, 0.717) is 17.1 Å². The van der Waals surface area contributed by atoms with Gasteiger partial charge in [0.1, 0.15) is 5.82 Å². The van der Waals surface area contributed by atoms with Crippen molar-refractivity contribution in [2.75, 3.05) is 11.1 Å². The van der Waals surface area contributed by atoms with Crippen LogP contribution in [0.3, 0.4) is 0 Å². The Bertz CT molecular complexity index is 581. The highest BCUT2D eigenvalue weighted by Gasteiger charge is 2.10. The summed E-state index contributed by atoms with van der Waals surface area (Å²) in [6.45, 7) is 1.97. The van der Waals surface area contributed by atoms with Crippen LogP contribution in [0.4, 0.5) is 11.5 Å². The minimum atomic E-state index is -0.187. The third-order valence-corrected chi connectivity index (χ3v) is 3.07. The van der Waals surface area contributed by atoms with Crippen molar-refractivity contribution in [3.05, 3.63) is 52.1 Å². The number of benzene rings is 1. The molecule has 92 valence electrons. The minimum absolute atomic E-state index is 0.187. The number of nitrogens with one attached hydrogen (secondary N) is 1. The highest BCUT2D eigenvalue weighted by Crippen LogP contribution is 2.19. The Hall–Kier alpha value is -1.88. The normalized spacial score (nSPS) is 10.1. The lowest BCUT2D eigenvalue weighted by molar-refractivity contribution is 0.102. The molecule has 1 aromatic heterocycles. The summed E-state index contributed by atoms with van der Waals surface area (Å²) in [5.41, 5.74) is 7.76. The van der Waals surface area contributed by atoms with Crippen molar-refractivity contribution in [2.24, 2.45) is 0 Å². The highest BCUT2D eigenvalue weighted by molar-refractivity contribution is 9.10. The smallest absolute Gasteiger partial charge is 0.256 e. The van der Waals surface area contributed by atoms with Gasteiger partial charge in [-0.3, -0.25) is 4.79 Å². The van der Waals surface area contributed by atoms with Crippen molar-refractivity contribution >= 4 is 33.3 Å². The first-order valence-corrected chi connectivity index (χ1v) is 6.14. The van der Waals surface area contributed by atoms with Gasteiger partial charge in [-0.25, -0.2) is 4.98 Å².